The van der Waals surface area contributed by atoms with Crippen LogP contribution >= 0.6 is 15.9 Å². The lowest BCUT2D eigenvalue weighted by Crippen LogP contribution is -2.38. The fourth-order valence-electron chi connectivity index (χ4n) is 2.78. The van der Waals surface area contributed by atoms with E-state index in [1.807, 2.05) is 6.92 Å². The number of sulfonamides is 1. The van der Waals surface area contributed by atoms with Crippen molar-refractivity contribution in [3.63, 3.8) is 0 Å². The lowest BCUT2D eigenvalue weighted by atomic mass is 10.2. The first-order valence-electron chi connectivity index (χ1n) is 6.92. The van der Waals surface area contributed by atoms with E-state index in [2.05, 4.69) is 15.9 Å². The molecule has 0 atom stereocenters. The number of nitrogens with zero attached hydrogens (tertiary/aromatic N) is 1. The molecule has 1 aliphatic rings. The van der Waals surface area contributed by atoms with Crippen molar-refractivity contribution in [2.75, 3.05) is 6.54 Å². The van der Waals surface area contributed by atoms with E-state index in [0.29, 0.717) is 11.0 Å². The molecule has 1 aromatic rings. The van der Waals surface area contributed by atoms with E-state index in [4.69, 9.17) is 5.11 Å². The second kappa shape index (κ2) is 6.46. The van der Waals surface area contributed by atoms with Gasteiger partial charge in [-0.15, -0.1) is 0 Å². The number of carbonyl (C=O) groups is 1. The largest absolute Gasteiger partial charge is 0.478 e. The molecule has 0 bridgehead atoms. The Balaban J connectivity index is 2.42. The summed E-state index contributed by atoms with van der Waals surface area (Å²) in [5.74, 6) is -1.15. The summed E-state index contributed by atoms with van der Waals surface area (Å²) in [5, 5.41) is 9.12. The first-order chi connectivity index (χ1) is 9.87. The molecule has 0 amide bonds. The van der Waals surface area contributed by atoms with E-state index in [0.717, 1.165) is 25.7 Å². The van der Waals surface area contributed by atoms with Crippen molar-refractivity contribution in [3.05, 3.63) is 28.2 Å². The molecule has 116 valence electrons. The minimum atomic E-state index is -3.66. The van der Waals surface area contributed by atoms with E-state index in [-0.39, 0.29) is 16.5 Å². The van der Waals surface area contributed by atoms with Crippen LogP contribution in [-0.2, 0) is 10.0 Å². The van der Waals surface area contributed by atoms with Crippen LogP contribution in [0.5, 0.6) is 0 Å². The minimum Gasteiger partial charge on any atom is -0.478 e. The number of rotatable bonds is 5. The first kappa shape index (κ1) is 16.5. The van der Waals surface area contributed by atoms with Gasteiger partial charge >= 0.3 is 5.97 Å². The van der Waals surface area contributed by atoms with E-state index < -0.39 is 16.0 Å². The molecule has 0 spiro atoms. The van der Waals surface area contributed by atoms with Crippen molar-refractivity contribution < 1.29 is 18.3 Å². The Labute approximate surface area is 133 Å². The van der Waals surface area contributed by atoms with E-state index in [1.165, 1.54) is 22.5 Å². The maximum Gasteiger partial charge on any atom is 0.336 e. The van der Waals surface area contributed by atoms with Crippen LogP contribution in [0.15, 0.2) is 27.6 Å². The van der Waals surface area contributed by atoms with Crippen molar-refractivity contribution >= 4 is 31.9 Å². The first-order valence-corrected chi connectivity index (χ1v) is 9.16. The summed E-state index contributed by atoms with van der Waals surface area (Å²) < 4.78 is 27.4. The molecule has 0 aromatic heterocycles. The molecule has 5 nitrogen and oxygen atoms in total. The predicted octanol–water partition coefficient (Wildman–Crippen LogP) is 3.10. The summed E-state index contributed by atoms with van der Waals surface area (Å²) >= 11 is 3.13. The molecule has 0 radical (unpaired) electrons. The van der Waals surface area contributed by atoms with Crippen molar-refractivity contribution in [2.24, 2.45) is 0 Å². The lowest BCUT2D eigenvalue weighted by Gasteiger charge is -2.26. The van der Waals surface area contributed by atoms with Crippen molar-refractivity contribution in [3.8, 4) is 0 Å². The molecule has 1 aromatic carbocycles. The Morgan fingerprint density at radius 2 is 2.00 bits per heavy atom. The highest BCUT2D eigenvalue weighted by atomic mass is 79.9. The van der Waals surface area contributed by atoms with Crippen LogP contribution < -0.4 is 0 Å². The number of benzene rings is 1. The van der Waals surface area contributed by atoms with Crippen LogP contribution in [0.2, 0.25) is 0 Å². The van der Waals surface area contributed by atoms with Crippen LogP contribution in [0, 0.1) is 0 Å². The highest BCUT2D eigenvalue weighted by Crippen LogP contribution is 2.30. The molecule has 0 unspecified atom stereocenters. The van der Waals surface area contributed by atoms with Gasteiger partial charge in [0.05, 0.1) is 10.5 Å². The quantitative estimate of drug-likeness (QED) is 0.857. The fourth-order valence-corrected chi connectivity index (χ4v) is 4.92. The average Bonchev–Trinajstić information content (AvgIpc) is 2.93. The Hall–Kier alpha value is -0.920. The summed E-state index contributed by atoms with van der Waals surface area (Å²) in [7, 11) is -3.66. The van der Waals surface area contributed by atoms with Crippen molar-refractivity contribution in [1.29, 1.82) is 0 Å². The topological polar surface area (TPSA) is 74.7 Å². The van der Waals surface area contributed by atoms with Gasteiger partial charge in [0.25, 0.3) is 0 Å². The van der Waals surface area contributed by atoms with E-state index in [1.54, 1.807) is 0 Å². The molecule has 21 heavy (non-hydrogen) atoms. The highest BCUT2D eigenvalue weighted by Gasteiger charge is 2.32. The number of hydrogen-bond donors (Lipinski definition) is 1. The molecule has 1 N–H and O–H groups in total. The molecule has 7 heteroatoms. The summed E-state index contributed by atoms with van der Waals surface area (Å²) in [4.78, 5) is 11.2. The van der Waals surface area contributed by atoms with Crippen LogP contribution in [0.4, 0.5) is 0 Å². The third-order valence-corrected chi connectivity index (χ3v) is 6.53. The molecule has 1 aliphatic carbocycles. The Bertz CT molecular complexity index is 638. The number of halogens is 1. The highest BCUT2D eigenvalue weighted by molar-refractivity contribution is 9.10. The summed E-state index contributed by atoms with van der Waals surface area (Å²) in [6.07, 6.45) is 3.82. The second-order valence-electron chi connectivity index (χ2n) is 5.09. The van der Waals surface area contributed by atoms with Gasteiger partial charge in [-0.05, 0) is 47.0 Å². The number of carboxylic acids is 1. The lowest BCUT2D eigenvalue weighted by molar-refractivity contribution is 0.0695. The molecular weight excluding hydrogens is 358 g/mol. The van der Waals surface area contributed by atoms with Gasteiger partial charge < -0.3 is 5.11 Å². The Morgan fingerprint density at radius 3 is 2.52 bits per heavy atom. The molecule has 0 aliphatic heterocycles. The zero-order valence-corrected chi connectivity index (χ0v) is 14.2. The van der Waals surface area contributed by atoms with Crippen LogP contribution in [0.25, 0.3) is 0 Å². The predicted molar refractivity (Wildman–Crippen MR) is 82.9 cm³/mol. The zero-order valence-electron chi connectivity index (χ0n) is 11.8. The van der Waals surface area contributed by atoms with Gasteiger partial charge in [-0.1, -0.05) is 19.8 Å². The van der Waals surface area contributed by atoms with Crippen LogP contribution in [-0.4, -0.2) is 36.4 Å². The van der Waals surface area contributed by atoms with Crippen LogP contribution in [0.3, 0.4) is 0 Å². The van der Waals surface area contributed by atoms with E-state index in [9.17, 15) is 13.2 Å². The van der Waals surface area contributed by atoms with Gasteiger partial charge in [-0.25, -0.2) is 13.2 Å². The number of aromatic carboxylic acids is 1. The Kier molecular flexibility index (Phi) is 5.06. The summed E-state index contributed by atoms with van der Waals surface area (Å²) in [6, 6.07) is 4.17. The fraction of sp³-hybridized carbons (Fsp3) is 0.500. The normalized spacial score (nSPS) is 16.5. The molecule has 0 saturated heterocycles. The number of hydrogen-bond acceptors (Lipinski definition) is 3. The zero-order chi connectivity index (χ0) is 15.6. The molecule has 1 fully saturated rings. The third-order valence-electron chi connectivity index (χ3n) is 3.82. The van der Waals surface area contributed by atoms with Gasteiger partial charge in [0.1, 0.15) is 0 Å². The Morgan fingerprint density at radius 1 is 1.38 bits per heavy atom. The average molecular weight is 376 g/mol. The van der Waals surface area contributed by atoms with Gasteiger partial charge in [-0.2, -0.15) is 4.31 Å². The maximum absolute atomic E-state index is 12.8. The minimum absolute atomic E-state index is 0.0249. The summed E-state index contributed by atoms with van der Waals surface area (Å²) in [5.41, 5.74) is -0.0430. The van der Waals surface area contributed by atoms with Gasteiger partial charge in [0, 0.05) is 17.1 Å². The standard InChI is InChI=1S/C14H18BrNO4S/c1-2-16(10-5-3-4-6-10)21(19,20)11-7-8-13(15)12(9-11)14(17)18/h7-10H,2-6H2,1H3,(H,17,18). The van der Waals surface area contributed by atoms with Gasteiger partial charge in [0.15, 0.2) is 0 Å². The van der Waals surface area contributed by atoms with Gasteiger partial charge in [0.2, 0.25) is 10.0 Å². The molecule has 2 rings (SSSR count). The monoisotopic (exact) mass is 375 g/mol. The van der Waals surface area contributed by atoms with Crippen LogP contribution in [0.1, 0.15) is 43.0 Å². The second-order valence-corrected chi connectivity index (χ2v) is 7.84. The third kappa shape index (κ3) is 3.30. The molecule has 1 saturated carbocycles. The van der Waals surface area contributed by atoms with Crippen molar-refractivity contribution in [2.45, 2.75) is 43.5 Å². The van der Waals surface area contributed by atoms with Gasteiger partial charge in [-0.3, -0.25) is 0 Å². The van der Waals surface area contributed by atoms with Crippen molar-refractivity contribution in [1.82, 2.24) is 4.31 Å². The smallest absolute Gasteiger partial charge is 0.336 e. The number of carboxylic acid groups (broad SMARTS) is 1. The SMILES string of the molecule is CCN(C1CCCC1)S(=O)(=O)c1ccc(Br)c(C(=O)O)c1. The summed E-state index contributed by atoms with van der Waals surface area (Å²) in [6.45, 7) is 2.21. The van der Waals surface area contributed by atoms with E-state index >= 15 is 0 Å². The molecule has 0 heterocycles. The molecular formula is C14H18BrNO4S. The maximum atomic E-state index is 12.8.